The molecule has 0 unspecified atom stereocenters. The van der Waals surface area contributed by atoms with Crippen LogP contribution in [0.1, 0.15) is 16.2 Å². The van der Waals surface area contributed by atoms with Crippen LogP contribution in [-0.4, -0.2) is 55.6 Å². The van der Waals surface area contributed by atoms with Crippen LogP contribution in [0.5, 0.6) is 0 Å². The van der Waals surface area contributed by atoms with Crippen LogP contribution in [0.15, 0.2) is 17.2 Å². The molecule has 0 aromatic carbocycles. The first-order chi connectivity index (χ1) is 10.2. The first-order valence-corrected chi connectivity index (χ1v) is 8.40. The minimum absolute atomic E-state index is 0.571. The highest BCUT2D eigenvalue weighted by Gasteiger charge is 2.08. The molecule has 0 spiro atoms. The Kier molecular flexibility index (Phi) is 7.08. The second kappa shape index (κ2) is 9.09. The van der Waals surface area contributed by atoms with E-state index in [0.29, 0.717) is 5.11 Å². The Bertz CT molecular complexity index is 469. The number of aryl methyl sites for hydroxylation is 1. The Labute approximate surface area is 135 Å². The Morgan fingerprint density at radius 2 is 2.29 bits per heavy atom. The van der Waals surface area contributed by atoms with Crippen molar-refractivity contribution in [2.45, 2.75) is 13.3 Å². The number of ether oxygens (including phenoxy) is 1. The van der Waals surface area contributed by atoms with Gasteiger partial charge in [0, 0.05) is 29.4 Å². The number of morpholine rings is 1. The molecule has 1 aromatic heterocycles. The van der Waals surface area contributed by atoms with Crippen molar-refractivity contribution in [3.8, 4) is 0 Å². The topological polar surface area (TPSA) is 48.9 Å². The molecule has 21 heavy (non-hydrogen) atoms. The summed E-state index contributed by atoms with van der Waals surface area (Å²) in [6.45, 7) is 7.79. The maximum absolute atomic E-state index is 5.32. The van der Waals surface area contributed by atoms with Crippen LogP contribution in [0.3, 0.4) is 0 Å². The summed E-state index contributed by atoms with van der Waals surface area (Å²) in [6.07, 6.45) is 2.86. The van der Waals surface area contributed by atoms with E-state index in [0.717, 1.165) is 50.7 Å². The lowest BCUT2D eigenvalue weighted by Crippen LogP contribution is -2.39. The zero-order valence-electron chi connectivity index (χ0n) is 12.3. The van der Waals surface area contributed by atoms with Gasteiger partial charge in [0.15, 0.2) is 5.11 Å². The summed E-state index contributed by atoms with van der Waals surface area (Å²) in [6, 6.07) is 4.12. The molecular weight excluding hydrogens is 304 g/mol. The van der Waals surface area contributed by atoms with E-state index in [1.54, 1.807) is 17.6 Å². The summed E-state index contributed by atoms with van der Waals surface area (Å²) >= 11 is 6.89. The van der Waals surface area contributed by atoms with Gasteiger partial charge in [0.1, 0.15) is 0 Å². The molecule has 2 heterocycles. The maximum atomic E-state index is 5.32. The summed E-state index contributed by atoms with van der Waals surface area (Å²) < 4.78 is 5.32. The lowest BCUT2D eigenvalue weighted by Gasteiger charge is -2.26. The third-order valence-electron chi connectivity index (χ3n) is 3.16. The largest absolute Gasteiger partial charge is 0.379 e. The minimum Gasteiger partial charge on any atom is -0.379 e. The molecule has 0 atom stereocenters. The maximum Gasteiger partial charge on any atom is 0.186 e. The van der Waals surface area contributed by atoms with Crippen molar-refractivity contribution in [3.05, 3.63) is 21.9 Å². The summed E-state index contributed by atoms with van der Waals surface area (Å²) in [5, 5.41) is 7.86. The van der Waals surface area contributed by atoms with Gasteiger partial charge in [-0.15, -0.1) is 11.3 Å². The summed E-state index contributed by atoms with van der Waals surface area (Å²) in [4.78, 5) is 4.81. The van der Waals surface area contributed by atoms with Crippen molar-refractivity contribution in [2.75, 3.05) is 39.4 Å². The van der Waals surface area contributed by atoms with Gasteiger partial charge in [-0.2, -0.15) is 5.10 Å². The summed E-state index contributed by atoms with van der Waals surface area (Å²) in [7, 11) is 0. The number of thiophene rings is 1. The van der Waals surface area contributed by atoms with Crippen molar-refractivity contribution in [1.82, 2.24) is 15.6 Å². The van der Waals surface area contributed by atoms with Gasteiger partial charge in [0.25, 0.3) is 0 Å². The molecule has 0 bridgehead atoms. The van der Waals surface area contributed by atoms with Crippen molar-refractivity contribution >= 4 is 34.9 Å². The van der Waals surface area contributed by atoms with Crippen LogP contribution < -0.4 is 10.7 Å². The minimum atomic E-state index is 0.571. The number of hydrogen-bond acceptors (Lipinski definition) is 5. The smallest absolute Gasteiger partial charge is 0.186 e. The van der Waals surface area contributed by atoms with Crippen molar-refractivity contribution < 1.29 is 4.74 Å². The number of thiocarbonyl (C=S) groups is 1. The molecule has 0 amide bonds. The zero-order chi connectivity index (χ0) is 14.9. The van der Waals surface area contributed by atoms with Gasteiger partial charge < -0.3 is 10.1 Å². The fourth-order valence-corrected chi connectivity index (χ4v) is 2.95. The molecule has 5 nitrogen and oxygen atoms in total. The van der Waals surface area contributed by atoms with Gasteiger partial charge in [0.05, 0.1) is 19.4 Å². The standard InChI is InChI=1S/C14H22N4OS2/c1-12-3-4-13(21-12)11-16-17-14(20)15-5-2-6-18-7-9-19-10-8-18/h3-4,11H,2,5-10H2,1H3,(H2,15,17,20). The first-order valence-electron chi connectivity index (χ1n) is 7.17. The molecule has 1 aliphatic heterocycles. The molecular formula is C14H22N4OS2. The van der Waals surface area contributed by atoms with Crippen LogP contribution in [-0.2, 0) is 4.74 Å². The molecule has 116 valence electrons. The van der Waals surface area contributed by atoms with E-state index in [-0.39, 0.29) is 0 Å². The van der Waals surface area contributed by atoms with Crippen molar-refractivity contribution in [2.24, 2.45) is 5.10 Å². The number of hydrazone groups is 1. The molecule has 0 saturated carbocycles. The van der Waals surface area contributed by atoms with E-state index in [1.807, 2.05) is 6.07 Å². The van der Waals surface area contributed by atoms with Gasteiger partial charge >= 0.3 is 0 Å². The van der Waals surface area contributed by atoms with Gasteiger partial charge in [-0.1, -0.05) is 0 Å². The number of nitrogens with one attached hydrogen (secondary N) is 2. The van der Waals surface area contributed by atoms with Crippen LogP contribution >= 0.6 is 23.6 Å². The fourth-order valence-electron chi connectivity index (χ4n) is 2.05. The van der Waals surface area contributed by atoms with Crippen LogP contribution in [0.4, 0.5) is 0 Å². The first kappa shape index (κ1) is 16.4. The molecule has 1 saturated heterocycles. The Morgan fingerprint density at radius 3 is 3.00 bits per heavy atom. The second-order valence-corrected chi connectivity index (χ2v) is 6.61. The van der Waals surface area contributed by atoms with E-state index in [1.165, 1.54) is 4.88 Å². The molecule has 2 N–H and O–H groups in total. The molecule has 1 aliphatic rings. The molecule has 2 rings (SSSR count). The second-order valence-electron chi connectivity index (χ2n) is 4.88. The highest BCUT2D eigenvalue weighted by atomic mass is 32.1. The quantitative estimate of drug-likeness (QED) is 0.360. The number of nitrogens with zero attached hydrogens (tertiary/aromatic N) is 2. The lowest BCUT2D eigenvalue weighted by molar-refractivity contribution is 0.0376. The Morgan fingerprint density at radius 1 is 1.48 bits per heavy atom. The summed E-state index contributed by atoms with van der Waals surface area (Å²) in [5.74, 6) is 0. The molecule has 0 aliphatic carbocycles. The zero-order valence-corrected chi connectivity index (χ0v) is 13.9. The number of hydrogen-bond donors (Lipinski definition) is 2. The Hall–Kier alpha value is -1.02. The van der Waals surface area contributed by atoms with Gasteiger partial charge in [0.2, 0.25) is 0 Å². The van der Waals surface area contributed by atoms with E-state index in [9.17, 15) is 0 Å². The van der Waals surface area contributed by atoms with E-state index < -0.39 is 0 Å². The lowest BCUT2D eigenvalue weighted by atomic mass is 10.3. The average Bonchev–Trinajstić information content (AvgIpc) is 2.90. The van der Waals surface area contributed by atoms with E-state index >= 15 is 0 Å². The summed E-state index contributed by atoms with van der Waals surface area (Å²) in [5.41, 5.74) is 2.84. The highest BCUT2D eigenvalue weighted by Crippen LogP contribution is 2.12. The molecule has 7 heteroatoms. The van der Waals surface area contributed by atoms with Crippen molar-refractivity contribution in [3.63, 3.8) is 0 Å². The average molecular weight is 326 g/mol. The predicted molar refractivity (Wildman–Crippen MR) is 92.3 cm³/mol. The highest BCUT2D eigenvalue weighted by molar-refractivity contribution is 7.80. The monoisotopic (exact) mass is 326 g/mol. The van der Waals surface area contributed by atoms with Gasteiger partial charge in [-0.3, -0.25) is 10.3 Å². The van der Waals surface area contributed by atoms with Crippen molar-refractivity contribution in [1.29, 1.82) is 0 Å². The Balaban J connectivity index is 1.54. The molecule has 1 aromatic rings. The SMILES string of the molecule is Cc1ccc(C=NNC(=S)NCCCN2CCOCC2)s1. The van der Waals surface area contributed by atoms with Gasteiger partial charge in [-0.25, -0.2) is 0 Å². The van der Waals surface area contributed by atoms with Crippen LogP contribution in [0.25, 0.3) is 0 Å². The molecule has 1 fully saturated rings. The van der Waals surface area contributed by atoms with E-state index in [4.69, 9.17) is 17.0 Å². The number of rotatable bonds is 6. The predicted octanol–water partition coefficient (Wildman–Crippen LogP) is 1.58. The normalized spacial score (nSPS) is 16.2. The molecule has 0 radical (unpaired) electrons. The third kappa shape index (κ3) is 6.52. The van der Waals surface area contributed by atoms with Gasteiger partial charge in [-0.05, 0) is 44.2 Å². The van der Waals surface area contributed by atoms with E-state index in [2.05, 4.69) is 33.7 Å². The third-order valence-corrected chi connectivity index (χ3v) is 4.33. The fraction of sp³-hybridized carbons (Fsp3) is 0.571. The van der Waals surface area contributed by atoms with Crippen LogP contribution in [0.2, 0.25) is 0 Å². The van der Waals surface area contributed by atoms with Crippen LogP contribution in [0, 0.1) is 6.92 Å².